The quantitative estimate of drug-likeness (QED) is 0.721. The number of methoxy groups -OCH3 is 1. The zero-order chi connectivity index (χ0) is 17.1. The number of anilines is 3. The van der Waals surface area contributed by atoms with Gasteiger partial charge in [0, 0.05) is 24.3 Å². The van der Waals surface area contributed by atoms with Crippen LogP contribution in [-0.4, -0.2) is 33.2 Å². The van der Waals surface area contributed by atoms with Crippen LogP contribution in [0.1, 0.15) is 26.8 Å². The first-order chi connectivity index (χ1) is 11.6. The second kappa shape index (κ2) is 6.74. The fourth-order valence-electron chi connectivity index (χ4n) is 2.46. The molecule has 0 bridgehead atoms. The van der Waals surface area contributed by atoms with Crippen LogP contribution in [0.15, 0.2) is 30.6 Å². The van der Waals surface area contributed by atoms with Crippen LogP contribution in [0.3, 0.4) is 0 Å². The number of nitrogens with zero attached hydrogens (tertiary/aromatic N) is 4. The molecule has 0 aliphatic carbocycles. The van der Waals surface area contributed by atoms with Crippen molar-refractivity contribution in [3.63, 3.8) is 0 Å². The zero-order valence-electron chi connectivity index (χ0n) is 14.4. The average Bonchev–Trinajstić information content (AvgIpc) is 3.00. The predicted molar refractivity (Wildman–Crippen MR) is 96.1 cm³/mol. The highest BCUT2D eigenvalue weighted by molar-refractivity contribution is 5.86. The summed E-state index contributed by atoms with van der Waals surface area (Å²) in [5.74, 6) is 2.03. The second-order valence-electron chi connectivity index (χ2n) is 5.70. The Morgan fingerprint density at radius 1 is 1.25 bits per heavy atom. The zero-order valence-corrected chi connectivity index (χ0v) is 14.4. The highest BCUT2D eigenvalue weighted by Gasteiger charge is 2.15. The third-order valence-corrected chi connectivity index (χ3v) is 3.65. The van der Waals surface area contributed by atoms with E-state index in [1.165, 1.54) is 0 Å². The van der Waals surface area contributed by atoms with Crippen molar-refractivity contribution in [2.45, 2.75) is 26.8 Å². The van der Waals surface area contributed by atoms with Gasteiger partial charge in [-0.3, -0.25) is 0 Å². The van der Waals surface area contributed by atoms with Gasteiger partial charge in [-0.15, -0.1) is 0 Å². The van der Waals surface area contributed by atoms with Gasteiger partial charge in [-0.05, 0) is 32.9 Å². The fourth-order valence-corrected chi connectivity index (χ4v) is 2.46. The monoisotopic (exact) mass is 326 g/mol. The molecule has 0 amide bonds. The van der Waals surface area contributed by atoms with E-state index in [-0.39, 0.29) is 6.04 Å². The minimum atomic E-state index is 0.268. The molecule has 3 rings (SSSR count). The van der Waals surface area contributed by atoms with Crippen LogP contribution in [-0.2, 0) is 0 Å². The third kappa shape index (κ3) is 3.10. The van der Waals surface area contributed by atoms with E-state index < -0.39 is 0 Å². The Bertz CT molecular complexity index is 842. The van der Waals surface area contributed by atoms with Crippen LogP contribution in [0.25, 0.3) is 11.2 Å². The number of hydrogen-bond acceptors (Lipinski definition) is 6. The SMILES string of the molecule is CCNc1nc(Nc2cccc(OC)c2)c2ncn(C(C)C)c2n1. The first-order valence-electron chi connectivity index (χ1n) is 8.02. The van der Waals surface area contributed by atoms with Gasteiger partial charge in [0.15, 0.2) is 17.0 Å². The summed E-state index contributed by atoms with van der Waals surface area (Å²) in [6, 6.07) is 7.97. The van der Waals surface area contributed by atoms with Gasteiger partial charge in [-0.25, -0.2) is 4.98 Å². The van der Waals surface area contributed by atoms with Crippen LogP contribution in [0.2, 0.25) is 0 Å². The molecule has 126 valence electrons. The topological polar surface area (TPSA) is 76.9 Å². The number of imidazole rings is 1. The van der Waals surface area contributed by atoms with Crippen molar-refractivity contribution in [3.8, 4) is 5.75 Å². The molecule has 0 saturated carbocycles. The lowest BCUT2D eigenvalue weighted by atomic mass is 10.3. The smallest absolute Gasteiger partial charge is 0.226 e. The summed E-state index contributed by atoms with van der Waals surface area (Å²) < 4.78 is 7.31. The van der Waals surface area contributed by atoms with Gasteiger partial charge in [0.05, 0.1) is 13.4 Å². The molecule has 0 saturated heterocycles. The Morgan fingerprint density at radius 3 is 2.79 bits per heavy atom. The molecule has 24 heavy (non-hydrogen) atoms. The highest BCUT2D eigenvalue weighted by Crippen LogP contribution is 2.27. The Kier molecular flexibility index (Phi) is 4.50. The van der Waals surface area contributed by atoms with Crippen molar-refractivity contribution in [2.75, 3.05) is 24.3 Å². The Balaban J connectivity index is 2.07. The summed E-state index contributed by atoms with van der Waals surface area (Å²) in [4.78, 5) is 13.7. The largest absolute Gasteiger partial charge is 0.497 e. The minimum absolute atomic E-state index is 0.268. The second-order valence-corrected chi connectivity index (χ2v) is 5.70. The van der Waals surface area contributed by atoms with Crippen molar-refractivity contribution >= 4 is 28.6 Å². The first-order valence-corrected chi connectivity index (χ1v) is 8.02. The summed E-state index contributed by atoms with van der Waals surface area (Å²) in [7, 11) is 1.65. The van der Waals surface area contributed by atoms with Gasteiger partial charge in [0.2, 0.25) is 5.95 Å². The number of hydrogen-bond donors (Lipinski definition) is 2. The molecule has 0 fully saturated rings. The molecular formula is C17H22N6O. The Labute approximate surface area is 141 Å². The lowest BCUT2D eigenvalue weighted by Gasteiger charge is -2.12. The first kappa shape index (κ1) is 16.0. The summed E-state index contributed by atoms with van der Waals surface area (Å²) >= 11 is 0. The molecule has 0 spiro atoms. The van der Waals surface area contributed by atoms with Crippen LogP contribution >= 0.6 is 0 Å². The Morgan fingerprint density at radius 2 is 2.08 bits per heavy atom. The van der Waals surface area contributed by atoms with Crippen molar-refractivity contribution in [2.24, 2.45) is 0 Å². The van der Waals surface area contributed by atoms with Crippen molar-refractivity contribution < 1.29 is 4.74 Å². The van der Waals surface area contributed by atoms with Gasteiger partial charge in [0.25, 0.3) is 0 Å². The van der Waals surface area contributed by atoms with Crippen LogP contribution in [0.5, 0.6) is 5.75 Å². The molecule has 3 aromatic rings. The molecule has 0 aliphatic heterocycles. The van der Waals surface area contributed by atoms with Gasteiger partial charge in [0.1, 0.15) is 5.75 Å². The number of benzene rings is 1. The van der Waals surface area contributed by atoms with E-state index in [1.807, 2.05) is 35.8 Å². The Hall–Kier alpha value is -2.83. The maximum atomic E-state index is 5.27. The molecule has 7 heteroatoms. The van der Waals surface area contributed by atoms with E-state index in [1.54, 1.807) is 13.4 Å². The van der Waals surface area contributed by atoms with Crippen LogP contribution in [0.4, 0.5) is 17.5 Å². The molecule has 0 unspecified atom stereocenters. The molecular weight excluding hydrogens is 304 g/mol. The van der Waals surface area contributed by atoms with E-state index in [0.717, 1.165) is 29.1 Å². The molecule has 0 radical (unpaired) electrons. The van der Waals surface area contributed by atoms with Crippen molar-refractivity contribution in [3.05, 3.63) is 30.6 Å². The molecule has 2 N–H and O–H groups in total. The number of rotatable bonds is 6. The van der Waals surface area contributed by atoms with Gasteiger partial charge >= 0.3 is 0 Å². The summed E-state index contributed by atoms with van der Waals surface area (Å²) in [5.41, 5.74) is 2.44. The van der Waals surface area contributed by atoms with Gasteiger partial charge in [-0.1, -0.05) is 6.07 Å². The van der Waals surface area contributed by atoms with E-state index in [4.69, 9.17) is 4.74 Å². The lowest BCUT2D eigenvalue weighted by Crippen LogP contribution is -2.07. The summed E-state index contributed by atoms with van der Waals surface area (Å²) in [6.45, 7) is 6.97. The van der Waals surface area contributed by atoms with Crippen molar-refractivity contribution in [1.82, 2.24) is 19.5 Å². The van der Waals surface area contributed by atoms with Crippen LogP contribution in [0, 0.1) is 0 Å². The summed E-state index contributed by atoms with van der Waals surface area (Å²) in [6.07, 6.45) is 1.80. The lowest BCUT2D eigenvalue weighted by molar-refractivity contribution is 0.415. The fraction of sp³-hybridized carbons (Fsp3) is 0.353. The molecule has 7 nitrogen and oxygen atoms in total. The highest BCUT2D eigenvalue weighted by atomic mass is 16.5. The molecule has 0 aliphatic rings. The molecule has 0 atom stereocenters. The number of ether oxygens (including phenoxy) is 1. The third-order valence-electron chi connectivity index (χ3n) is 3.65. The average molecular weight is 326 g/mol. The van der Waals surface area contributed by atoms with Gasteiger partial charge < -0.3 is 19.9 Å². The molecule has 2 heterocycles. The number of fused-ring (bicyclic) bond motifs is 1. The standard InChI is InChI=1S/C17H22N6O/c1-5-18-17-21-15(20-12-7-6-8-13(9-12)24-4)14-16(22-17)23(10-19-14)11(2)3/h6-11H,5H2,1-4H3,(H2,18,20,21,22). The minimum Gasteiger partial charge on any atom is -0.497 e. The normalized spacial score (nSPS) is 11.0. The van der Waals surface area contributed by atoms with E-state index in [2.05, 4.69) is 39.4 Å². The van der Waals surface area contributed by atoms with Crippen LogP contribution < -0.4 is 15.4 Å². The van der Waals surface area contributed by atoms with Crippen molar-refractivity contribution in [1.29, 1.82) is 0 Å². The molecule has 2 aromatic heterocycles. The maximum absolute atomic E-state index is 5.27. The van der Waals surface area contributed by atoms with E-state index in [9.17, 15) is 0 Å². The maximum Gasteiger partial charge on any atom is 0.226 e. The predicted octanol–water partition coefficient (Wildman–Crippen LogP) is 3.59. The van der Waals surface area contributed by atoms with E-state index >= 15 is 0 Å². The van der Waals surface area contributed by atoms with E-state index in [0.29, 0.717) is 11.8 Å². The number of aromatic nitrogens is 4. The molecule has 1 aromatic carbocycles. The van der Waals surface area contributed by atoms with Gasteiger partial charge in [-0.2, -0.15) is 9.97 Å². The summed E-state index contributed by atoms with van der Waals surface area (Å²) in [5, 5.41) is 6.50. The number of nitrogens with one attached hydrogen (secondary N) is 2.